The average molecular weight is 383 g/mol. The van der Waals surface area contributed by atoms with Crippen LogP contribution in [0.5, 0.6) is 0 Å². The van der Waals surface area contributed by atoms with E-state index in [1.807, 2.05) is 37.3 Å². The Bertz CT molecular complexity index is 791. The molecule has 28 heavy (non-hydrogen) atoms. The first-order chi connectivity index (χ1) is 13.5. The molecule has 0 saturated heterocycles. The zero-order valence-corrected chi connectivity index (χ0v) is 16.1. The molecule has 0 fully saturated rings. The van der Waals surface area contributed by atoms with Crippen LogP contribution in [-0.2, 0) is 16.1 Å². The number of ether oxygens (including phenoxy) is 1. The number of nitrogens with zero attached hydrogens (tertiary/aromatic N) is 1. The molecule has 2 N–H and O–H groups in total. The molecule has 2 rings (SSSR count). The third kappa shape index (κ3) is 6.42. The van der Waals surface area contributed by atoms with Crippen LogP contribution in [0.15, 0.2) is 54.6 Å². The van der Waals surface area contributed by atoms with E-state index in [-0.39, 0.29) is 18.5 Å². The largest absolute Gasteiger partial charge is 0.468 e. The molecule has 2 aromatic rings. The van der Waals surface area contributed by atoms with Crippen LogP contribution in [-0.4, -0.2) is 43.0 Å². The van der Waals surface area contributed by atoms with Gasteiger partial charge in [0.1, 0.15) is 6.54 Å². The minimum atomic E-state index is -0.522. The van der Waals surface area contributed by atoms with E-state index in [1.54, 1.807) is 29.2 Å². The van der Waals surface area contributed by atoms with Crippen molar-refractivity contribution in [3.05, 3.63) is 65.7 Å². The van der Waals surface area contributed by atoms with Crippen LogP contribution < -0.4 is 10.6 Å². The molecule has 0 aliphatic heterocycles. The maximum Gasteiger partial charge on any atom is 0.325 e. The summed E-state index contributed by atoms with van der Waals surface area (Å²) in [5.74, 6) is -0.911. The first-order valence-electron chi connectivity index (χ1n) is 9.08. The molecule has 0 bridgehead atoms. The molecule has 7 heteroatoms. The maximum absolute atomic E-state index is 12.6. The van der Waals surface area contributed by atoms with Gasteiger partial charge in [0.2, 0.25) is 0 Å². The topological polar surface area (TPSA) is 87.7 Å². The summed E-state index contributed by atoms with van der Waals surface area (Å²) in [4.78, 5) is 37.4. The van der Waals surface area contributed by atoms with Gasteiger partial charge in [-0.2, -0.15) is 0 Å². The minimum absolute atomic E-state index is 0.195. The van der Waals surface area contributed by atoms with E-state index >= 15 is 0 Å². The molecule has 0 atom stereocenters. The predicted molar refractivity (Wildman–Crippen MR) is 107 cm³/mol. The first-order valence-corrected chi connectivity index (χ1v) is 9.08. The third-order valence-electron chi connectivity index (χ3n) is 4.02. The molecule has 0 aromatic heterocycles. The van der Waals surface area contributed by atoms with Crippen LogP contribution in [0.1, 0.15) is 29.3 Å². The van der Waals surface area contributed by atoms with Crippen molar-refractivity contribution in [3.63, 3.8) is 0 Å². The van der Waals surface area contributed by atoms with Gasteiger partial charge in [-0.1, -0.05) is 37.3 Å². The Morgan fingerprint density at radius 2 is 1.68 bits per heavy atom. The Labute approximate surface area is 164 Å². The van der Waals surface area contributed by atoms with Crippen LogP contribution in [0.25, 0.3) is 0 Å². The maximum atomic E-state index is 12.6. The molecule has 0 spiro atoms. The number of amides is 3. The fourth-order valence-electron chi connectivity index (χ4n) is 2.56. The van der Waals surface area contributed by atoms with Crippen molar-refractivity contribution in [2.45, 2.75) is 19.9 Å². The number of esters is 1. The predicted octanol–water partition coefficient (Wildman–Crippen LogP) is 3.03. The van der Waals surface area contributed by atoms with Gasteiger partial charge in [-0.25, -0.2) is 4.79 Å². The lowest BCUT2D eigenvalue weighted by Crippen LogP contribution is -2.35. The van der Waals surface area contributed by atoms with E-state index in [0.717, 1.165) is 12.0 Å². The number of carbonyl (C=O) groups excluding carboxylic acids is 3. The average Bonchev–Trinajstić information content (AvgIpc) is 2.72. The monoisotopic (exact) mass is 383 g/mol. The number of benzene rings is 2. The number of urea groups is 1. The summed E-state index contributed by atoms with van der Waals surface area (Å²) < 4.78 is 4.48. The van der Waals surface area contributed by atoms with Crippen molar-refractivity contribution in [2.24, 2.45) is 0 Å². The number of anilines is 1. The van der Waals surface area contributed by atoms with Crippen molar-refractivity contribution in [3.8, 4) is 0 Å². The summed E-state index contributed by atoms with van der Waals surface area (Å²) in [5, 5.41) is 5.32. The fraction of sp³-hybridized carbons (Fsp3) is 0.286. The van der Waals surface area contributed by atoms with E-state index in [0.29, 0.717) is 24.3 Å². The molecule has 148 valence electrons. The molecule has 0 unspecified atom stereocenters. The molecule has 3 amide bonds. The highest BCUT2D eigenvalue weighted by Gasteiger charge is 2.14. The fourth-order valence-corrected chi connectivity index (χ4v) is 2.56. The van der Waals surface area contributed by atoms with Crippen LogP contribution >= 0.6 is 0 Å². The highest BCUT2D eigenvalue weighted by atomic mass is 16.5. The van der Waals surface area contributed by atoms with Crippen molar-refractivity contribution >= 4 is 23.6 Å². The highest BCUT2D eigenvalue weighted by molar-refractivity contribution is 5.97. The standard InChI is InChI=1S/C21H25N3O4/c1-3-13-24(15-16-7-5-4-6-8-16)21(27)23-18-11-9-17(10-12-18)20(26)22-14-19(25)28-2/h4-12H,3,13-15H2,1-2H3,(H,22,26)(H,23,27). The first kappa shape index (κ1) is 21.0. The smallest absolute Gasteiger partial charge is 0.325 e. The molecule has 2 aromatic carbocycles. The van der Waals surface area contributed by atoms with Gasteiger partial charge in [-0.05, 0) is 36.2 Å². The second kappa shape index (κ2) is 10.7. The van der Waals surface area contributed by atoms with Gasteiger partial charge in [0.05, 0.1) is 7.11 Å². The number of hydrogen-bond donors (Lipinski definition) is 2. The van der Waals surface area contributed by atoms with E-state index in [1.165, 1.54) is 7.11 Å². The molecule has 0 aliphatic carbocycles. The Hall–Kier alpha value is -3.35. The number of rotatable bonds is 8. The van der Waals surface area contributed by atoms with Gasteiger partial charge in [0, 0.05) is 24.3 Å². The number of hydrogen-bond acceptors (Lipinski definition) is 4. The van der Waals surface area contributed by atoms with E-state index in [9.17, 15) is 14.4 Å². The van der Waals surface area contributed by atoms with Crippen molar-refractivity contribution in [1.29, 1.82) is 0 Å². The molecule has 0 aliphatic rings. The molecule has 0 saturated carbocycles. The van der Waals surface area contributed by atoms with Crippen molar-refractivity contribution in [1.82, 2.24) is 10.2 Å². The second-order valence-corrected chi connectivity index (χ2v) is 6.17. The van der Waals surface area contributed by atoms with E-state index in [4.69, 9.17) is 0 Å². The quantitative estimate of drug-likeness (QED) is 0.686. The van der Waals surface area contributed by atoms with E-state index in [2.05, 4.69) is 15.4 Å². The second-order valence-electron chi connectivity index (χ2n) is 6.17. The van der Waals surface area contributed by atoms with Crippen LogP contribution in [0.4, 0.5) is 10.5 Å². The van der Waals surface area contributed by atoms with Gasteiger partial charge >= 0.3 is 12.0 Å². The lowest BCUT2D eigenvalue weighted by molar-refractivity contribution is -0.139. The third-order valence-corrected chi connectivity index (χ3v) is 4.02. The van der Waals surface area contributed by atoms with Gasteiger partial charge in [0.15, 0.2) is 0 Å². The molecular weight excluding hydrogens is 358 g/mol. The number of nitrogens with one attached hydrogen (secondary N) is 2. The van der Waals surface area contributed by atoms with Crippen LogP contribution in [0.3, 0.4) is 0 Å². The van der Waals surface area contributed by atoms with Gasteiger partial charge in [-0.15, -0.1) is 0 Å². The highest BCUT2D eigenvalue weighted by Crippen LogP contribution is 2.12. The summed E-state index contributed by atoms with van der Waals surface area (Å²) in [7, 11) is 1.26. The Morgan fingerprint density at radius 3 is 2.29 bits per heavy atom. The Balaban J connectivity index is 1.96. The number of carbonyl (C=O) groups is 3. The van der Waals surface area contributed by atoms with Gasteiger partial charge in [-0.3, -0.25) is 9.59 Å². The SMILES string of the molecule is CCCN(Cc1ccccc1)C(=O)Nc1ccc(C(=O)NCC(=O)OC)cc1. The van der Waals surface area contributed by atoms with Gasteiger partial charge in [0.25, 0.3) is 5.91 Å². The lowest BCUT2D eigenvalue weighted by atomic mass is 10.2. The summed E-state index contributed by atoms with van der Waals surface area (Å²) >= 11 is 0. The number of methoxy groups -OCH3 is 1. The minimum Gasteiger partial charge on any atom is -0.468 e. The van der Waals surface area contributed by atoms with Gasteiger partial charge < -0.3 is 20.3 Å². The zero-order valence-electron chi connectivity index (χ0n) is 16.1. The zero-order chi connectivity index (χ0) is 20.4. The van der Waals surface area contributed by atoms with Crippen molar-refractivity contribution < 1.29 is 19.1 Å². The molecule has 0 radical (unpaired) electrons. The molecule has 0 heterocycles. The summed E-state index contributed by atoms with van der Waals surface area (Å²) in [6.07, 6.45) is 0.847. The summed E-state index contributed by atoms with van der Waals surface area (Å²) in [6.45, 7) is 2.98. The molecular formula is C21H25N3O4. The van der Waals surface area contributed by atoms with Crippen molar-refractivity contribution in [2.75, 3.05) is 25.5 Å². The van der Waals surface area contributed by atoms with Crippen LogP contribution in [0.2, 0.25) is 0 Å². The Kier molecular flexibility index (Phi) is 8.02. The summed E-state index contributed by atoms with van der Waals surface area (Å²) in [6, 6.07) is 16.1. The Morgan fingerprint density at radius 1 is 1.00 bits per heavy atom. The van der Waals surface area contributed by atoms with E-state index < -0.39 is 5.97 Å². The normalized spacial score (nSPS) is 10.1. The lowest BCUT2D eigenvalue weighted by Gasteiger charge is -2.22. The van der Waals surface area contributed by atoms with Crippen LogP contribution in [0, 0.1) is 0 Å². The summed E-state index contributed by atoms with van der Waals surface area (Å²) in [5.41, 5.74) is 2.03. The molecule has 7 nitrogen and oxygen atoms in total.